The second-order valence-electron chi connectivity index (χ2n) is 6.47. The number of nitrogens with zero attached hydrogens (tertiary/aromatic N) is 2. The van der Waals surface area contributed by atoms with E-state index in [1.165, 1.54) is 12.8 Å². The molecular weight excluding hydrogens is 276 g/mol. The minimum atomic E-state index is -0.410. The second kappa shape index (κ2) is 6.08. The number of imidazole rings is 1. The topological polar surface area (TPSA) is 72.9 Å². The number of carbonyl (C=O) groups excluding carboxylic acids is 1. The summed E-state index contributed by atoms with van der Waals surface area (Å²) < 4.78 is 2.29. The van der Waals surface area contributed by atoms with Gasteiger partial charge >= 0.3 is 0 Å². The quantitative estimate of drug-likeness (QED) is 0.909. The molecule has 0 aliphatic carbocycles. The van der Waals surface area contributed by atoms with Crippen LogP contribution in [0.3, 0.4) is 0 Å². The maximum atomic E-state index is 11.7. The standard InChI is InChI=1S/C17H24N4O/c1-11(2)17-20-15-13(16(18)22)4-3-5-14(15)21(17)10-12-6-8-19-9-7-12/h3-5,11-12,19H,6-10H2,1-2H3,(H2,18,22). The van der Waals surface area contributed by atoms with E-state index in [9.17, 15) is 4.79 Å². The zero-order valence-corrected chi connectivity index (χ0v) is 13.3. The lowest BCUT2D eigenvalue weighted by Crippen LogP contribution is -2.30. The lowest BCUT2D eigenvalue weighted by molar-refractivity contribution is 0.100. The molecule has 3 N–H and O–H groups in total. The predicted molar refractivity (Wildman–Crippen MR) is 87.9 cm³/mol. The van der Waals surface area contributed by atoms with Gasteiger partial charge in [-0.05, 0) is 44.0 Å². The number of benzene rings is 1. The molecule has 1 aromatic heterocycles. The van der Waals surface area contributed by atoms with Crippen LogP contribution in [0.4, 0.5) is 0 Å². The highest BCUT2D eigenvalue weighted by Crippen LogP contribution is 2.27. The lowest BCUT2D eigenvalue weighted by atomic mass is 9.98. The average Bonchev–Trinajstić information content (AvgIpc) is 2.87. The fourth-order valence-electron chi connectivity index (χ4n) is 3.32. The van der Waals surface area contributed by atoms with E-state index in [0.717, 1.165) is 36.5 Å². The first-order valence-corrected chi connectivity index (χ1v) is 8.07. The summed E-state index contributed by atoms with van der Waals surface area (Å²) in [5, 5.41) is 3.41. The van der Waals surface area contributed by atoms with Crippen LogP contribution in [0.5, 0.6) is 0 Å². The lowest BCUT2D eigenvalue weighted by Gasteiger charge is -2.24. The summed E-state index contributed by atoms with van der Waals surface area (Å²) in [5.74, 6) is 1.61. The molecule has 2 heterocycles. The van der Waals surface area contributed by atoms with Gasteiger partial charge in [0.05, 0.1) is 11.1 Å². The third-order valence-corrected chi connectivity index (χ3v) is 4.49. The highest BCUT2D eigenvalue weighted by atomic mass is 16.1. The first-order chi connectivity index (χ1) is 10.6. The van der Waals surface area contributed by atoms with Gasteiger partial charge in [-0.25, -0.2) is 4.98 Å². The first kappa shape index (κ1) is 15.0. The van der Waals surface area contributed by atoms with Crippen LogP contribution in [0.15, 0.2) is 18.2 Å². The fraction of sp³-hybridized carbons (Fsp3) is 0.529. The van der Waals surface area contributed by atoms with Gasteiger partial charge in [-0.3, -0.25) is 4.79 Å². The van der Waals surface area contributed by atoms with Crippen LogP contribution >= 0.6 is 0 Å². The van der Waals surface area contributed by atoms with Gasteiger partial charge in [0, 0.05) is 12.5 Å². The molecule has 1 aromatic carbocycles. The minimum absolute atomic E-state index is 0.315. The van der Waals surface area contributed by atoms with Crippen LogP contribution < -0.4 is 11.1 Å². The molecule has 0 spiro atoms. The predicted octanol–water partition coefficient (Wildman–Crippen LogP) is 2.26. The van der Waals surface area contributed by atoms with Crippen LogP contribution in [0.25, 0.3) is 11.0 Å². The Hall–Kier alpha value is -1.88. The van der Waals surface area contributed by atoms with Crippen molar-refractivity contribution < 1.29 is 4.79 Å². The molecule has 0 unspecified atom stereocenters. The smallest absolute Gasteiger partial charge is 0.250 e. The number of rotatable bonds is 4. The van der Waals surface area contributed by atoms with Crippen LogP contribution in [-0.4, -0.2) is 28.5 Å². The number of fused-ring (bicyclic) bond motifs is 1. The number of para-hydroxylation sites is 1. The van der Waals surface area contributed by atoms with Gasteiger partial charge in [0.2, 0.25) is 0 Å². The van der Waals surface area contributed by atoms with E-state index in [1.807, 2.05) is 12.1 Å². The molecule has 0 bridgehead atoms. The SMILES string of the molecule is CC(C)c1nc2c(C(N)=O)cccc2n1CC1CCNCC1. The van der Waals surface area contributed by atoms with Crippen LogP contribution in [-0.2, 0) is 6.54 Å². The van der Waals surface area contributed by atoms with E-state index in [0.29, 0.717) is 17.4 Å². The summed E-state index contributed by atoms with van der Waals surface area (Å²) in [4.78, 5) is 16.4. The summed E-state index contributed by atoms with van der Waals surface area (Å²) in [6, 6.07) is 5.70. The third kappa shape index (κ3) is 2.73. The van der Waals surface area contributed by atoms with Crippen LogP contribution in [0.2, 0.25) is 0 Å². The Morgan fingerprint density at radius 2 is 2.14 bits per heavy atom. The summed E-state index contributed by atoms with van der Waals surface area (Å²) in [6.45, 7) is 7.42. The molecule has 3 rings (SSSR count). The maximum absolute atomic E-state index is 11.7. The van der Waals surface area contributed by atoms with E-state index in [4.69, 9.17) is 10.7 Å². The number of amides is 1. The maximum Gasteiger partial charge on any atom is 0.250 e. The van der Waals surface area contributed by atoms with Crippen molar-refractivity contribution in [2.75, 3.05) is 13.1 Å². The molecule has 5 heteroatoms. The Balaban J connectivity index is 2.07. The summed E-state index contributed by atoms with van der Waals surface area (Å²) in [7, 11) is 0. The third-order valence-electron chi connectivity index (χ3n) is 4.49. The van der Waals surface area contributed by atoms with Gasteiger partial charge in [0.1, 0.15) is 11.3 Å². The van der Waals surface area contributed by atoms with Crippen molar-refractivity contribution in [3.8, 4) is 0 Å². The molecule has 1 saturated heterocycles. The van der Waals surface area contributed by atoms with Gasteiger partial charge in [-0.15, -0.1) is 0 Å². The molecule has 0 saturated carbocycles. The molecule has 22 heavy (non-hydrogen) atoms. The van der Waals surface area contributed by atoms with Crippen molar-refractivity contribution in [1.82, 2.24) is 14.9 Å². The van der Waals surface area contributed by atoms with Crippen molar-refractivity contribution in [1.29, 1.82) is 0 Å². The van der Waals surface area contributed by atoms with Crippen molar-refractivity contribution in [2.45, 2.75) is 39.2 Å². The number of hydrogen-bond acceptors (Lipinski definition) is 3. The Kier molecular flexibility index (Phi) is 4.16. The number of carbonyl (C=O) groups is 1. The van der Waals surface area contributed by atoms with Gasteiger partial charge in [-0.1, -0.05) is 19.9 Å². The molecule has 1 amide bonds. The molecule has 1 fully saturated rings. The molecule has 0 atom stereocenters. The van der Waals surface area contributed by atoms with Crippen LogP contribution in [0, 0.1) is 5.92 Å². The molecule has 2 aromatic rings. The Morgan fingerprint density at radius 1 is 1.41 bits per heavy atom. The van der Waals surface area contributed by atoms with E-state index in [-0.39, 0.29) is 0 Å². The van der Waals surface area contributed by atoms with Crippen molar-refractivity contribution >= 4 is 16.9 Å². The number of nitrogens with two attached hydrogens (primary N) is 1. The summed E-state index contributed by atoms with van der Waals surface area (Å²) >= 11 is 0. The average molecular weight is 300 g/mol. The zero-order valence-electron chi connectivity index (χ0n) is 13.3. The second-order valence-corrected chi connectivity index (χ2v) is 6.47. The Bertz CT molecular complexity index is 683. The van der Waals surface area contributed by atoms with Gasteiger partial charge in [-0.2, -0.15) is 0 Å². The number of nitrogens with one attached hydrogen (secondary N) is 1. The van der Waals surface area contributed by atoms with E-state index in [1.54, 1.807) is 6.07 Å². The van der Waals surface area contributed by atoms with E-state index >= 15 is 0 Å². The molecular formula is C17H24N4O. The fourth-order valence-corrected chi connectivity index (χ4v) is 3.32. The van der Waals surface area contributed by atoms with Crippen LogP contribution in [0.1, 0.15) is 48.8 Å². The number of primary amides is 1. The highest BCUT2D eigenvalue weighted by Gasteiger charge is 2.21. The first-order valence-electron chi connectivity index (χ1n) is 8.07. The molecule has 1 aliphatic rings. The highest BCUT2D eigenvalue weighted by molar-refractivity contribution is 6.04. The van der Waals surface area contributed by atoms with Crippen molar-refractivity contribution in [3.63, 3.8) is 0 Å². The Morgan fingerprint density at radius 3 is 2.77 bits per heavy atom. The summed E-state index contributed by atoms with van der Waals surface area (Å²) in [6.07, 6.45) is 2.37. The zero-order chi connectivity index (χ0) is 15.7. The normalized spacial score (nSPS) is 16.5. The van der Waals surface area contributed by atoms with Crippen molar-refractivity contribution in [2.24, 2.45) is 11.7 Å². The molecule has 5 nitrogen and oxygen atoms in total. The molecule has 1 aliphatic heterocycles. The Labute approximate surface area is 130 Å². The van der Waals surface area contributed by atoms with Gasteiger partial charge in [0.15, 0.2) is 0 Å². The minimum Gasteiger partial charge on any atom is -0.366 e. The number of piperidine rings is 1. The summed E-state index contributed by atoms with van der Waals surface area (Å²) in [5.41, 5.74) is 7.79. The largest absolute Gasteiger partial charge is 0.366 e. The number of aromatic nitrogens is 2. The van der Waals surface area contributed by atoms with E-state index < -0.39 is 5.91 Å². The van der Waals surface area contributed by atoms with Gasteiger partial charge in [0.25, 0.3) is 5.91 Å². The van der Waals surface area contributed by atoms with Gasteiger partial charge < -0.3 is 15.6 Å². The number of hydrogen-bond donors (Lipinski definition) is 2. The van der Waals surface area contributed by atoms with E-state index in [2.05, 4.69) is 23.7 Å². The molecule has 118 valence electrons. The van der Waals surface area contributed by atoms with Crippen molar-refractivity contribution in [3.05, 3.63) is 29.6 Å². The molecule has 0 radical (unpaired) electrons. The monoisotopic (exact) mass is 300 g/mol.